The molecule has 0 fully saturated rings. The van der Waals surface area contributed by atoms with E-state index in [2.05, 4.69) is 10.4 Å². The monoisotopic (exact) mass is 449 g/mol. The number of hydrogen-bond acceptors (Lipinski definition) is 6. The number of rotatable bonds is 8. The number of esters is 1. The van der Waals surface area contributed by atoms with Gasteiger partial charge in [-0.25, -0.2) is 9.18 Å². The first kappa shape index (κ1) is 22.4. The van der Waals surface area contributed by atoms with Crippen LogP contribution in [0.4, 0.5) is 10.1 Å². The van der Waals surface area contributed by atoms with E-state index in [-0.39, 0.29) is 40.6 Å². The Bertz CT molecular complexity index is 1090. The highest BCUT2D eigenvalue weighted by Gasteiger charge is 2.22. The Balaban J connectivity index is 1.68. The van der Waals surface area contributed by atoms with E-state index in [4.69, 9.17) is 25.5 Å². The topological polar surface area (TPSA) is 95.6 Å². The van der Waals surface area contributed by atoms with E-state index in [1.165, 1.54) is 29.1 Å². The molecule has 3 aromatic rings. The van der Waals surface area contributed by atoms with Crippen LogP contribution in [0.15, 0.2) is 40.9 Å². The van der Waals surface area contributed by atoms with Crippen molar-refractivity contribution >= 4 is 29.2 Å². The van der Waals surface area contributed by atoms with Gasteiger partial charge in [0.2, 0.25) is 0 Å². The number of ether oxygens (including phenoxy) is 2. The summed E-state index contributed by atoms with van der Waals surface area (Å²) in [5, 5.41) is 6.89. The average Bonchev–Trinajstić information content (AvgIpc) is 3.34. The van der Waals surface area contributed by atoms with Gasteiger partial charge in [-0.05, 0) is 51.1 Å². The molecule has 1 amide bonds. The van der Waals surface area contributed by atoms with Crippen LogP contribution in [0.2, 0.25) is 5.02 Å². The molecule has 0 unspecified atom stereocenters. The Labute approximate surface area is 182 Å². The highest BCUT2D eigenvalue weighted by molar-refractivity contribution is 6.32. The van der Waals surface area contributed by atoms with Gasteiger partial charge in [0.1, 0.15) is 23.9 Å². The molecule has 0 aliphatic heterocycles. The van der Waals surface area contributed by atoms with Gasteiger partial charge in [-0.15, -0.1) is 0 Å². The Hall–Kier alpha value is -3.33. The Kier molecular flexibility index (Phi) is 6.96. The van der Waals surface area contributed by atoms with Crippen LogP contribution in [0.25, 0.3) is 0 Å². The number of aromatic nitrogens is 2. The smallest absolute Gasteiger partial charge is 0.361 e. The number of carbonyl (C=O) groups is 2. The molecule has 0 saturated heterocycles. The highest BCUT2D eigenvalue weighted by atomic mass is 35.5. The molecule has 3 rings (SSSR count). The predicted octanol–water partition coefficient (Wildman–Crippen LogP) is 4.69. The molecule has 0 spiro atoms. The van der Waals surface area contributed by atoms with Crippen molar-refractivity contribution in [3.8, 4) is 5.75 Å². The minimum absolute atomic E-state index is 0.00460. The molecule has 1 N–H and O–H groups in total. The molecule has 10 heteroatoms. The molecule has 1 aromatic carbocycles. The number of hydrogen-bond donors (Lipinski definition) is 1. The van der Waals surface area contributed by atoms with Crippen molar-refractivity contribution in [1.29, 1.82) is 0 Å². The summed E-state index contributed by atoms with van der Waals surface area (Å²) in [5.41, 5.74) is 0.217. The molecule has 2 aromatic heterocycles. The molecule has 0 aliphatic rings. The van der Waals surface area contributed by atoms with E-state index in [1.807, 2.05) is 6.92 Å². The van der Waals surface area contributed by atoms with Crippen LogP contribution in [0.3, 0.4) is 0 Å². The number of carbonyl (C=O) groups excluding carboxylic acids is 2. The molecule has 8 nitrogen and oxygen atoms in total. The van der Waals surface area contributed by atoms with E-state index in [0.717, 1.165) is 6.07 Å². The third kappa shape index (κ3) is 5.64. The van der Waals surface area contributed by atoms with E-state index < -0.39 is 17.7 Å². The van der Waals surface area contributed by atoms with Crippen molar-refractivity contribution in [2.75, 3.05) is 5.32 Å². The van der Waals surface area contributed by atoms with Crippen LogP contribution >= 0.6 is 11.6 Å². The highest BCUT2D eigenvalue weighted by Crippen LogP contribution is 2.26. The molecule has 0 saturated carbocycles. The number of aryl methyl sites for hydroxylation is 1. The predicted molar refractivity (Wildman–Crippen MR) is 111 cm³/mol. The third-order valence-electron chi connectivity index (χ3n) is 4.02. The van der Waals surface area contributed by atoms with E-state index >= 15 is 0 Å². The van der Waals surface area contributed by atoms with Crippen molar-refractivity contribution in [3.05, 3.63) is 64.6 Å². The molecule has 164 valence electrons. The maximum atomic E-state index is 13.1. The second-order valence-corrected chi connectivity index (χ2v) is 7.19. The van der Waals surface area contributed by atoms with E-state index in [9.17, 15) is 14.0 Å². The van der Waals surface area contributed by atoms with Gasteiger partial charge in [-0.1, -0.05) is 11.6 Å². The minimum atomic E-state index is -0.637. The maximum Gasteiger partial charge on any atom is 0.361 e. The fraction of sp³-hybridized carbons (Fsp3) is 0.286. The fourth-order valence-corrected chi connectivity index (χ4v) is 2.82. The van der Waals surface area contributed by atoms with Gasteiger partial charge in [-0.2, -0.15) is 5.10 Å². The molecule has 31 heavy (non-hydrogen) atoms. The summed E-state index contributed by atoms with van der Waals surface area (Å²) >= 11 is 5.92. The zero-order chi connectivity index (χ0) is 22.5. The molecule has 0 bridgehead atoms. The van der Waals surface area contributed by atoms with Gasteiger partial charge in [-0.3, -0.25) is 9.48 Å². The SMILES string of the molecule is CCn1cc(NC(=O)c2ccc(COc3ccc(F)cc3Cl)o2)c(C(=O)OC(C)C)n1. The first-order valence-electron chi connectivity index (χ1n) is 9.53. The van der Waals surface area contributed by atoms with E-state index in [1.54, 1.807) is 19.9 Å². The maximum absolute atomic E-state index is 13.1. The van der Waals surface area contributed by atoms with Gasteiger partial charge < -0.3 is 19.2 Å². The van der Waals surface area contributed by atoms with Gasteiger partial charge in [0.25, 0.3) is 5.91 Å². The number of anilines is 1. The fourth-order valence-electron chi connectivity index (χ4n) is 2.60. The molecule has 0 aliphatic carbocycles. The first-order valence-corrected chi connectivity index (χ1v) is 9.91. The zero-order valence-corrected chi connectivity index (χ0v) is 17.9. The van der Waals surface area contributed by atoms with Crippen LogP contribution in [0, 0.1) is 5.82 Å². The molecule has 2 heterocycles. The summed E-state index contributed by atoms with van der Waals surface area (Å²) in [5.74, 6) is -1.03. The third-order valence-corrected chi connectivity index (χ3v) is 4.31. The lowest BCUT2D eigenvalue weighted by Crippen LogP contribution is -2.17. The summed E-state index contributed by atoms with van der Waals surface area (Å²) in [7, 11) is 0. The molecule has 0 atom stereocenters. The van der Waals surface area contributed by atoms with Crippen molar-refractivity contribution < 1.29 is 27.9 Å². The van der Waals surface area contributed by atoms with Crippen molar-refractivity contribution in [1.82, 2.24) is 9.78 Å². The van der Waals surface area contributed by atoms with E-state index in [0.29, 0.717) is 12.3 Å². The lowest BCUT2D eigenvalue weighted by molar-refractivity contribution is 0.0371. The van der Waals surface area contributed by atoms with Crippen LogP contribution in [-0.2, 0) is 17.9 Å². The first-order chi connectivity index (χ1) is 14.8. The molecular weight excluding hydrogens is 429 g/mol. The van der Waals surface area contributed by atoms with Crippen LogP contribution in [0.5, 0.6) is 5.75 Å². The number of halogens is 2. The summed E-state index contributed by atoms with van der Waals surface area (Å²) in [6.07, 6.45) is 1.21. The summed E-state index contributed by atoms with van der Waals surface area (Å²) in [4.78, 5) is 24.9. The van der Waals surface area contributed by atoms with Gasteiger partial charge in [0.15, 0.2) is 11.5 Å². The standard InChI is InChI=1S/C21H21ClFN3O5/c1-4-26-10-16(19(25-26)21(28)30-12(2)3)24-20(27)18-8-6-14(31-18)11-29-17-7-5-13(23)9-15(17)22/h5-10,12H,4,11H2,1-3H3,(H,24,27). The average molecular weight is 450 g/mol. The second kappa shape index (κ2) is 9.65. The normalized spacial score (nSPS) is 10.9. The van der Waals surface area contributed by atoms with Gasteiger partial charge in [0.05, 0.1) is 16.8 Å². The van der Waals surface area contributed by atoms with Crippen molar-refractivity contribution in [2.24, 2.45) is 0 Å². The number of nitrogens with one attached hydrogen (secondary N) is 1. The summed E-state index contributed by atoms with van der Waals surface area (Å²) in [6, 6.07) is 6.79. The largest absolute Gasteiger partial charge is 0.484 e. The van der Waals surface area contributed by atoms with Crippen LogP contribution in [0.1, 0.15) is 47.6 Å². The number of furan rings is 1. The lowest BCUT2D eigenvalue weighted by Gasteiger charge is -2.08. The van der Waals surface area contributed by atoms with Gasteiger partial charge >= 0.3 is 5.97 Å². The van der Waals surface area contributed by atoms with Gasteiger partial charge in [0, 0.05) is 12.7 Å². The lowest BCUT2D eigenvalue weighted by atomic mass is 10.3. The van der Waals surface area contributed by atoms with Crippen LogP contribution in [-0.4, -0.2) is 27.8 Å². The zero-order valence-electron chi connectivity index (χ0n) is 17.1. The number of benzene rings is 1. The Morgan fingerprint density at radius 3 is 2.74 bits per heavy atom. The Morgan fingerprint density at radius 2 is 2.06 bits per heavy atom. The Morgan fingerprint density at radius 1 is 1.29 bits per heavy atom. The minimum Gasteiger partial charge on any atom is -0.484 e. The summed E-state index contributed by atoms with van der Waals surface area (Å²) in [6.45, 7) is 5.78. The number of amides is 1. The van der Waals surface area contributed by atoms with Crippen LogP contribution < -0.4 is 10.1 Å². The van der Waals surface area contributed by atoms with Crippen molar-refractivity contribution in [3.63, 3.8) is 0 Å². The van der Waals surface area contributed by atoms with Crippen molar-refractivity contribution in [2.45, 2.75) is 40.0 Å². The molecule has 0 radical (unpaired) electrons. The number of nitrogens with zero attached hydrogens (tertiary/aromatic N) is 2. The summed E-state index contributed by atoms with van der Waals surface area (Å²) < 4.78 is 30.8. The quantitative estimate of drug-likeness (QED) is 0.501. The molecular formula is C21H21ClFN3O5. The second-order valence-electron chi connectivity index (χ2n) is 6.78.